The second-order valence-electron chi connectivity index (χ2n) is 7.10. The van der Waals surface area contributed by atoms with Crippen molar-refractivity contribution in [2.24, 2.45) is 0 Å². The average molecular weight is 396 g/mol. The molecule has 1 atom stereocenters. The number of hydrogen-bond donors (Lipinski definition) is 0. The largest absolute Gasteiger partial charge is 0.440 e. The number of para-hydroxylation sites is 1. The van der Waals surface area contributed by atoms with Gasteiger partial charge in [0.2, 0.25) is 5.89 Å². The van der Waals surface area contributed by atoms with Crippen LogP contribution >= 0.6 is 22.7 Å². The van der Waals surface area contributed by atoms with E-state index in [4.69, 9.17) is 14.4 Å². The smallest absolute Gasteiger partial charge is 0.237 e. The van der Waals surface area contributed by atoms with E-state index in [1.807, 2.05) is 18.3 Å². The van der Waals surface area contributed by atoms with Crippen molar-refractivity contribution in [2.75, 3.05) is 6.54 Å². The number of benzene rings is 1. The Labute approximate surface area is 166 Å². The first kappa shape index (κ1) is 17.1. The van der Waals surface area contributed by atoms with Crippen LogP contribution in [0.3, 0.4) is 0 Å². The molecule has 1 unspecified atom stereocenters. The van der Waals surface area contributed by atoms with Gasteiger partial charge < -0.3 is 4.42 Å². The van der Waals surface area contributed by atoms with E-state index in [1.165, 1.54) is 21.7 Å². The lowest BCUT2D eigenvalue weighted by Gasteiger charge is -2.21. The Balaban J connectivity index is 1.41. The van der Waals surface area contributed by atoms with Crippen LogP contribution in [0, 0.1) is 13.8 Å². The molecule has 0 radical (unpaired) electrons. The van der Waals surface area contributed by atoms with Gasteiger partial charge in [-0.25, -0.2) is 9.97 Å². The second kappa shape index (κ2) is 6.86. The number of likely N-dealkylation sites (tertiary alicyclic amines) is 1. The first-order valence-corrected chi connectivity index (χ1v) is 11.0. The predicted molar refractivity (Wildman–Crippen MR) is 111 cm³/mol. The van der Waals surface area contributed by atoms with Crippen molar-refractivity contribution in [1.82, 2.24) is 14.9 Å². The Kier molecular flexibility index (Phi) is 4.34. The summed E-state index contributed by atoms with van der Waals surface area (Å²) in [7, 11) is 0. The van der Waals surface area contributed by atoms with E-state index in [-0.39, 0.29) is 0 Å². The van der Waals surface area contributed by atoms with Crippen molar-refractivity contribution >= 4 is 32.9 Å². The third kappa shape index (κ3) is 3.12. The Morgan fingerprint density at radius 1 is 1.19 bits per heavy atom. The van der Waals surface area contributed by atoms with E-state index in [2.05, 4.69) is 47.5 Å². The Morgan fingerprint density at radius 2 is 2.07 bits per heavy atom. The van der Waals surface area contributed by atoms with Gasteiger partial charge >= 0.3 is 0 Å². The zero-order valence-electron chi connectivity index (χ0n) is 15.4. The van der Waals surface area contributed by atoms with Gasteiger partial charge in [-0.05, 0) is 62.4 Å². The first-order chi connectivity index (χ1) is 13.2. The number of oxazole rings is 1. The van der Waals surface area contributed by atoms with E-state index in [0.717, 1.165) is 47.2 Å². The van der Waals surface area contributed by atoms with Crippen LogP contribution in [0.15, 0.2) is 40.1 Å². The van der Waals surface area contributed by atoms with E-state index in [1.54, 1.807) is 11.3 Å². The lowest BCUT2D eigenvalue weighted by Crippen LogP contribution is -2.23. The maximum absolute atomic E-state index is 6.00. The molecule has 6 heteroatoms. The summed E-state index contributed by atoms with van der Waals surface area (Å²) in [5, 5.41) is 3.32. The summed E-state index contributed by atoms with van der Waals surface area (Å²) in [4.78, 5) is 13.4. The lowest BCUT2D eigenvalue weighted by molar-refractivity contribution is 0.244. The van der Waals surface area contributed by atoms with Crippen LogP contribution in [0.4, 0.5) is 0 Å². The quantitative estimate of drug-likeness (QED) is 0.427. The summed E-state index contributed by atoms with van der Waals surface area (Å²) in [5.41, 5.74) is 3.38. The Bertz CT molecular complexity index is 1060. The van der Waals surface area contributed by atoms with Crippen molar-refractivity contribution in [3.8, 4) is 10.8 Å². The van der Waals surface area contributed by atoms with Gasteiger partial charge in [-0.15, -0.1) is 22.7 Å². The molecule has 1 saturated heterocycles. The SMILES string of the molecule is Cc1ccsc1-c1nc(CN2CCCC2c2nc3ccccc3s2)c(C)o1. The normalized spacial score (nSPS) is 17.9. The molecule has 0 bridgehead atoms. The number of nitrogens with zero attached hydrogens (tertiary/aromatic N) is 3. The topological polar surface area (TPSA) is 42.2 Å². The maximum atomic E-state index is 6.00. The molecule has 3 aromatic heterocycles. The molecule has 4 nitrogen and oxygen atoms in total. The summed E-state index contributed by atoms with van der Waals surface area (Å²) in [6, 6.07) is 10.9. The summed E-state index contributed by atoms with van der Waals surface area (Å²) in [5.74, 6) is 1.68. The summed E-state index contributed by atoms with van der Waals surface area (Å²) >= 11 is 3.51. The molecule has 0 amide bonds. The molecule has 1 aliphatic rings. The molecule has 0 aliphatic carbocycles. The maximum Gasteiger partial charge on any atom is 0.237 e. The van der Waals surface area contributed by atoms with Crippen molar-refractivity contribution < 1.29 is 4.42 Å². The van der Waals surface area contributed by atoms with Gasteiger partial charge in [0.15, 0.2) is 0 Å². The number of rotatable bonds is 4. The molecule has 138 valence electrons. The zero-order valence-corrected chi connectivity index (χ0v) is 17.1. The van der Waals surface area contributed by atoms with Crippen LogP contribution in [0.2, 0.25) is 0 Å². The third-order valence-electron chi connectivity index (χ3n) is 5.26. The van der Waals surface area contributed by atoms with Gasteiger partial charge in [-0.1, -0.05) is 12.1 Å². The number of aryl methyl sites for hydroxylation is 2. The molecule has 4 aromatic rings. The van der Waals surface area contributed by atoms with Crippen molar-refractivity contribution in [3.05, 3.63) is 57.7 Å². The molecule has 0 saturated carbocycles. The minimum atomic E-state index is 0.380. The fourth-order valence-corrected chi connectivity index (χ4v) is 5.77. The molecule has 5 rings (SSSR count). The first-order valence-electron chi connectivity index (χ1n) is 9.29. The number of fused-ring (bicyclic) bond motifs is 1. The number of hydrogen-bond acceptors (Lipinski definition) is 6. The van der Waals surface area contributed by atoms with Gasteiger partial charge in [0.05, 0.1) is 26.8 Å². The van der Waals surface area contributed by atoms with E-state index >= 15 is 0 Å². The minimum Gasteiger partial charge on any atom is -0.440 e. The summed E-state index contributed by atoms with van der Waals surface area (Å²) in [6.45, 7) is 6.03. The van der Waals surface area contributed by atoms with Crippen LogP contribution in [0.5, 0.6) is 0 Å². The Hall–Kier alpha value is -2.02. The molecule has 0 spiro atoms. The van der Waals surface area contributed by atoms with Gasteiger partial charge in [0.1, 0.15) is 10.8 Å². The van der Waals surface area contributed by atoms with Crippen LogP contribution < -0.4 is 0 Å². The minimum absolute atomic E-state index is 0.380. The lowest BCUT2D eigenvalue weighted by atomic mass is 10.2. The highest BCUT2D eigenvalue weighted by Crippen LogP contribution is 2.38. The highest BCUT2D eigenvalue weighted by atomic mass is 32.1. The van der Waals surface area contributed by atoms with Crippen molar-refractivity contribution in [1.29, 1.82) is 0 Å². The number of aromatic nitrogens is 2. The van der Waals surface area contributed by atoms with E-state index < -0.39 is 0 Å². The van der Waals surface area contributed by atoms with Crippen molar-refractivity contribution in [3.63, 3.8) is 0 Å². The van der Waals surface area contributed by atoms with Crippen LogP contribution in [0.25, 0.3) is 21.0 Å². The third-order valence-corrected chi connectivity index (χ3v) is 7.40. The van der Waals surface area contributed by atoms with Gasteiger partial charge in [-0.2, -0.15) is 0 Å². The predicted octanol–water partition coefficient (Wildman–Crippen LogP) is 5.97. The fraction of sp³-hybridized carbons (Fsp3) is 0.333. The molecular formula is C21H21N3OS2. The highest BCUT2D eigenvalue weighted by molar-refractivity contribution is 7.18. The van der Waals surface area contributed by atoms with Crippen LogP contribution in [-0.4, -0.2) is 21.4 Å². The number of thiophene rings is 1. The molecule has 1 fully saturated rings. The molecule has 1 aromatic carbocycles. The molecule has 0 N–H and O–H groups in total. The van der Waals surface area contributed by atoms with Crippen molar-refractivity contribution in [2.45, 2.75) is 39.3 Å². The van der Waals surface area contributed by atoms with E-state index in [9.17, 15) is 0 Å². The monoisotopic (exact) mass is 395 g/mol. The Morgan fingerprint density at radius 3 is 2.89 bits per heavy atom. The van der Waals surface area contributed by atoms with Gasteiger partial charge in [0, 0.05) is 6.54 Å². The molecule has 27 heavy (non-hydrogen) atoms. The number of thiazole rings is 1. The van der Waals surface area contributed by atoms with Crippen LogP contribution in [0.1, 0.15) is 40.9 Å². The van der Waals surface area contributed by atoms with Gasteiger partial charge in [-0.3, -0.25) is 4.90 Å². The zero-order chi connectivity index (χ0) is 18.4. The fourth-order valence-electron chi connectivity index (χ4n) is 3.78. The molecule has 1 aliphatic heterocycles. The second-order valence-corrected chi connectivity index (χ2v) is 9.08. The van der Waals surface area contributed by atoms with Gasteiger partial charge in [0.25, 0.3) is 0 Å². The summed E-state index contributed by atoms with van der Waals surface area (Å²) in [6.07, 6.45) is 2.36. The van der Waals surface area contributed by atoms with Crippen LogP contribution in [-0.2, 0) is 6.54 Å². The standard InChI is InChI=1S/C21H21N3OS2/c1-13-9-11-26-19(13)20-22-16(14(2)25-20)12-24-10-5-7-17(24)21-23-15-6-3-4-8-18(15)27-21/h3-4,6,8-9,11,17H,5,7,10,12H2,1-2H3. The molecular weight excluding hydrogens is 374 g/mol. The highest BCUT2D eigenvalue weighted by Gasteiger charge is 2.30. The average Bonchev–Trinajstić information content (AvgIpc) is 3.42. The summed E-state index contributed by atoms with van der Waals surface area (Å²) < 4.78 is 7.27. The van der Waals surface area contributed by atoms with E-state index in [0.29, 0.717) is 6.04 Å². The molecule has 4 heterocycles.